The summed E-state index contributed by atoms with van der Waals surface area (Å²) in [6.07, 6.45) is 13.7. The second kappa shape index (κ2) is 9.16. The van der Waals surface area contributed by atoms with Crippen LogP contribution in [0.15, 0.2) is 59.1 Å². The van der Waals surface area contributed by atoms with Gasteiger partial charge in [0.2, 0.25) is 0 Å². The number of ether oxygens (including phenoxy) is 2. The van der Waals surface area contributed by atoms with Crippen LogP contribution in [-0.2, 0) is 14.3 Å². The second-order valence-corrected chi connectivity index (χ2v) is 6.19. The van der Waals surface area contributed by atoms with Crippen LogP contribution in [0.4, 0.5) is 0 Å². The molecule has 1 heterocycles. The van der Waals surface area contributed by atoms with Gasteiger partial charge in [-0.3, -0.25) is 0 Å². The number of fused-ring (bicyclic) bond motifs is 1. The van der Waals surface area contributed by atoms with Crippen LogP contribution in [0.3, 0.4) is 0 Å². The first-order chi connectivity index (χ1) is 12.1. The average molecular weight is 344 g/mol. The highest BCUT2D eigenvalue weighted by Crippen LogP contribution is 2.37. The summed E-state index contributed by atoms with van der Waals surface area (Å²) in [5.74, 6) is 2.26. The molecule has 0 spiro atoms. The molecule has 0 radical (unpaired) electrons. The molecule has 1 saturated carbocycles. The molecule has 2 rings (SSSR count). The molecule has 136 valence electrons. The van der Waals surface area contributed by atoms with Crippen LogP contribution in [-0.4, -0.2) is 19.4 Å². The molecular weight excluding hydrogens is 316 g/mol. The van der Waals surface area contributed by atoms with E-state index in [2.05, 4.69) is 18.3 Å². The van der Waals surface area contributed by atoms with Gasteiger partial charge in [-0.25, -0.2) is 0 Å². The van der Waals surface area contributed by atoms with E-state index in [9.17, 15) is 4.79 Å². The Labute approximate surface area is 149 Å². The van der Waals surface area contributed by atoms with Crippen LogP contribution >= 0.6 is 0 Å². The van der Waals surface area contributed by atoms with E-state index < -0.39 is 0 Å². The first-order valence-corrected chi connectivity index (χ1v) is 8.80. The van der Waals surface area contributed by atoms with E-state index in [4.69, 9.17) is 15.2 Å². The van der Waals surface area contributed by atoms with E-state index >= 15 is 0 Å². The van der Waals surface area contributed by atoms with E-state index in [0.717, 1.165) is 36.2 Å². The average Bonchev–Trinajstić information content (AvgIpc) is 3.33. The van der Waals surface area contributed by atoms with Crippen LogP contribution in [0.2, 0.25) is 0 Å². The molecule has 0 amide bonds. The van der Waals surface area contributed by atoms with Gasteiger partial charge in [-0.15, -0.1) is 0 Å². The molecule has 1 fully saturated rings. The lowest BCUT2D eigenvalue weighted by atomic mass is 10.1. The number of rotatable bonds is 8. The quantitative estimate of drug-likeness (QED) is 0.401. The molecule has 0 aromatic heterocycles. The summed E-state index contributed by atoms with van der Waals surface area (Å²) < 4.78 is 11.8. The zero-order chi connectivity index (χ0) is 18.2. The van der Waals surface area contributed by atoms with Crippen LogP contribution in [0.5, 0.6) is 0 Å². The molecule has 2 atom stereocenters. The van der Waals surface area contributed by atoms with Crippen molar-refractivity contribution in [2.24, 2.45) is 11.7 Å². The maximum atomic E-state index is 10.8. The van der Waals surface area contributed by atoms with Crippen LogP contribution in [0, 0.1) is 5.92 Å². The maximum absolute atomic E-state index is 10.8. The Morgan fingerprint density at radius 3 is 2.96 bits per heavy atom. The smallest absolute Gasteiger partial charge is 0.184 e. The summed E-state index contributed by atoms with van der Waals surface area (Å²) in [4.78, 5) is 10.8. The minimum absolute atomic E-state index is 0.181. The van der Waals surface area contributed by atoms with Crippen molar-refractivity contribution in [3.63, 3.8) is 0 Å². The van der Waals surface area contributed by atoms with Gasteiger partial charge in [-0.2, -0.15) is 0 Å². The van der Waals surface area contributed by atoms with E-state index in [0.29, 0.717) is 30.4 Å². The number of nitrogens with one attached hydrogen (secondary N) is 1. The van der Waals surface area contributed by atoms with Gasteiger partial charge in [-0.1, -0.05) is 13.0 Å². The van der Waals surface area contributed by atoms with Crippen LogP contribution < -0.4 is 11.1 Å². The molecule has 0 aromatic carbocycles. The first kappa shape index (κ1) is 18.9. The Kier molecular flexibility index (Phi) is 6.92. The Morgan fingerprint density at radius 2 is 2.28 bits per heavy atom. The lowest BCUT2D eigenvalue weighted by Crippen LogP contribution is -2.09. The van der Waals surface area contributed by atoms with Crippen molar-refractivity contribution in [1.82, 2.24) is 5.32 Å². The monoisotopic (exact) mass is 344 g/mol. The molecule has 0 aromatic rings. The standard InChI is InChI=1S/C20H28N2O3/c1-4-6-18(17(7-5-12-23)14(2)22-3)24-16-9-8-15-13-19(15)25-20(21)11-10-16/h6,8-12,15,19,22H,4-5,7,13,21H2,1-3H3/b9-8?,16-10?,17-14+,18-6+,20-11+/t15-,19+/m0/s1. The van der Waals surface area contributed by atoms with Gasteiger partial charge in [0.15, 0.2) is 5.88 Å². The number of carbonyl (C=O) groups is 1. The van der Waals surface area contributed by atoms with Crippen molar-refractivity contribution in [2.45, 2.75) is 45.6 Å². The summed E-state index contributed by atoms with van der Waals surface area (Å²) >= 11 is 0. The number of hydrogen-bond donors (Lipinski definition) is 2. The fraction of sp³-hybridized carbons (Fsp3) is 0.450. The van der Waals surface area contributed by atoms with Gasteiger partial charge >= 0.3 is 0 Å². The van der Waals surface area contributed by atoms with E-state index in [1.54, 1.807) is 6.08 Å². The Morgan fingerprint density at radius 1 is 1.48 bits per heavy atom. The maximum Gasteiger partial charge on any atom is 0.184 e. The van der Waals surface area contributed by atoms with Crippen molar-refractivity contribution in [3.05, 3.63) is 59.1 Å². The van der Waals surface area contributed by atoms with Crippen LogP contribution in [0.1, 0.15) is 39.5 Å². The predicted molar refractivity (Wildman–Crippen MR) is 99.0 cm³/mol. The normalized spacial score (nSPS) is 25.6. The van der Waals surface area contributed by atoms with Gasteiger partial charge in [0.05, 0.1) is 0 Å². The minimum atomic E-state index is 0.181. The molecule has 1 aliphatic carbocycles. The SMILES string of the molecule is CC/C=C(OC1=C/C=C(\N)O[C@@H]2C[C@@H]2C=C1)\C(CCC=O)=C(/C)NC. The van der Waals surface area contributed by atoms with Crippen molar-refractivity contribution < 1.29 is 14.3 Å². The Balaban J connectivity index is 2.27. The molecule has 3 N–H and O–H groups in total. The van der Waals surface area contributed by atoms with E-state index in [1.807, 2.05) is 32.2 Å². The molecule has 5 nitrogen and oxygen atoms in total. The topological polar surface area (TPSA) is 73.6 Å². The molecular formula is C20H28N2O3. The lowest BCUT2D eigenvalue weighted by molar-refractivity contribution is -0.107. The lowest BCUT2D eigenvalue weighted by Gasteiger charge is -2.17. The van der Waals surface area contributed by atoms with Gasteiger partial charge in [-0.05, 0) is 44.4 Å². The summed E-state index contributed by atoms with van der Waals surface area (Å²) in [5, 5.41) is 3.16. The number of aldehydes is 1. The number of carbonyl (C=O) groups excluding carboxylic acids is 1. The zero-order valence-electron chi connectivity index (χ0n) is 15.2. The third-order valence-corrected chi connectivity index (χ3v) is 4.24. The summed E-state index contributed by atoms with van der Waals surface area (Å²) in [6.45, 7) is 4.05. The van der Waals surface area contributed by atoms with Crippen molar-refractivity contribution in [3.8, 4) is 0 Å². The second-order valence-electron chi connectivity index (χ2n) is 6.19. The number of nitrogens with two attached hydrogens (primary N) is 1. The molecule has 0 bridgehead atoms. The predicted octanol–water partition coefficient (Wildman–Crippen LogP) is 3.43. The fourth-order valence-corrected chi connectivity index (χ4v) is 2.64. The zero-order valence-corrected chi connectivity index (χ0v) is 15.2. The molecule has 2 aliphatic rings. The first-order valence-electron chi connectivity index (χ1n) is 8.80. The summed E-state index contributed by atoms with van der Waals surface area (Å²) in [6, 6.07) is 0. The molecule has 0 saturated heterocycles. The molecule has 5 heteroatoms. The summed E-state index contributed by atoms with van der Waals surface area (Å²) in [7, 11) is 1.87. The largest absolute Gasteiger partial charge is 0.475 e. The molecule has 1 aliphatic heterocycles. The van der Waals surface area contributed by atoms with Crippen molar-refractivity contribution >= 4 is 6.29 Å². The number of allylic oxidation sites excluding steroid dienone is 6. The van der Waals surface area contributed by atoms with E-state index in [1.165, 1.54) is 0 Å². The van der Waals surface area contributed by atoms with Crippen molar-refractivity contribution in [1.29, 1.82) is 0 Å². The van der Waals surface area contributed by atoms with Gasteiger partial charge in [0, 0.05) is 36.7 Å². The molecule has 25 heavy (non-hydrogen) atoms. The van der Waals surface area contributed by atoms with Gasteiger partial charge in [0.1, 0.15) is 23.9 Å². The number of hydrogen-bond acceptors (Lipinski definition) is 5. The third-order valence-electron chi connectivity index (χ3n) is 4.24. The van der Waals surface area contributed by atoms with Gasteiger partial charge < -0.3 is 25.3 Å². The highest BCUT2D eigenvalue weighted by molar-refractivity contribution is 5.51. The highest BCUT2D eigenvalue weighted by atomic mass is 16.5. The van der Waals surface area contributed by atoms with E-state index in [-0.39, 0.29) is 6.10 Å². The Bertz CT molecular complexity index is 641. The third kappa shape index (κ3) is 5.55. The van der Waals surface area contributed by atoms with Crippen molar-refractivity contribution in [2.75, 3.05) is 7.05 Å². The fourth-order valence-electron chi connectivity index (χ4n) is 2.64. The highest BCUT2D eigenvalue weighted by Gasteiger charge is 2.37. The summed E-state index contributed by atoms with van der Waals surface area (Å²) in [5.41, 5.74) is 7.87. The minimum Gasteiger partial charge on any atom is -0.475 e. The van der Waals surface area contributed by atoms with Gasteiger partial charge in [0.25, 0.3) is 0 Å². The van der Waals surface area contributed by atoms with Crippen LogP contribution in [0.25, 0.3) is 0 Å². The Hall–Kier alpha value is -2.43. The molecule has 0 unspecified atom stereocenters.